The molecule has 0 aliphatic carbocycles. The third-order valence-corrected chi connectivity index (χ3v) is 5.32. The van der Waals surface area contributed by atoms with Crippen molar-refractivity contribution in [2.24, 2.45) is 5.92 Å². The summed E-state index contributed by atoms with van der Waals surface area (Å²) in [5, 5.41) is 7.20. The van der Waals surface area contributed by atoms with E-state index in [1.165, 1.54) is 12.4 Å². The predicted molar refractivity (Wildman–Crippen MR) is 108 cm³/mol. The molecule has 1 aliphatic rings. The van der Waals surface area contributed by atoms with Gasteiger partial charge in [-0.3, -0.25) is 4.79 Å². The van der Waals surface area contributed by atoms with Gasteiger partial charge in [0.05, 0.1) is 5.92 Å². The van der Waals surface area contributed by atoms with Gasteiger partial charge in [0.2, 0.25) is 5.91 Å². The van der Waals surface area contributed by atoms with Crippen LogP contribution in [0.1, 0.15) is 37.4 Å². The van der Waals surface area contributed by atoms with E-state index < -0.39 is 0 Å². The summed E-state index contributed by atoms with van der Waals surface area (Å²) in [6.07, 6.45) is 5.09. The molecule has 8 heteroatoms. The number of aryl methyl sites for hydroxylation is 1. The minimum Gasteiger partial charge on any atom is -0.356 e. The lowest BCUT2D eigenvalue weighted by atomic mass is 9.97. The van der Waals surface area contributed by atoms with Crippen molar-refractivity contribution >= 4 is 17.5 Å². The van der Waals surface area contributed by atoms with Gasteiger partial charge in [-0.05, 0) is 25.3 Å². The Hall–Kier alpha value is -3.03. The van der Waals surface area contributed by atoms with Crippen molar-refractivity contribution in [3.05, 3.63) is 53.7 Å². The number of rotatable bonds is 6. The van der Waals surface area contributed by atoms with Crippen LogP contribution in [0.5, 0.6) is 0 Å². The SMILES string of the molecule is CCCc1cc(N2CCC[C@@H](C(=O)NCc3ccccc3F)C2)n2ncnc2n1. The smallest absolute Gasteiger partial charge is 0.254 e. The number of fused-ring (bicyclic) bond motifs is 1. The molecular weight excluding hydrogens is 371 g/mol. The first-order valence-corrected chi connectivity index (χ1v) is 10.1. The molecule has 3 aromatic rings. The van der Waals surface area contributed by atoms with Gasteiger partial charge in [0, 0.05) is 37.0 Å². The molecule has 1 fully saturated rings. The lowest BCUT2D eigenvalue weighted by Crippen LogP contribution is -2.43. The molecule has 7 nitrogen and oxygen atoms in total. The van der Waals surface area contributed by atoms with Gasteiger partial charge in [-0.2, -0.15) is 14.6 Å². The molecule has 152 valence electrons. The summed E-state index contributed by atoms with van der Waals surface area (Å²) in [7, 11) is 0. The Morgan fingerprint density at radius 2 is 2.21 bits per heavy atom. The standard InChI is InChI=1S/C21H25FN6O/c1-2-6-17-11-19(28-21(26-17)24-14-25-28)27-10-5-8-16(13-27)20(29)23-12-15-7-3-4-9-18(15)22/h3-4,7,9,11,14,16H,2,5-6,8,10,12-13H2,1H3,(H,23,29)/t16-/m1/s1. The number of benzene rings is 1. The molecule has 0 unspecified atom stereocenters. The van der Waals surface area contributed by atoms with Gasteiger partial charge in [0.25, 0.3) is 5.78 Å². The minimum atomic E-state index is -0.299. The molecule has 3 heterocycles. The van der Waals surface area contributed by atoms with Crippen LogP contribution in [0, 0.1) is 11.7 Å². The van der Waals surface area contributed by atoms with E-state index in [-0.39, 0.29) is 24.2 Å². The van der Waals surface area contributed by atoms with Crippen LogP contribution in [0.25, 0.3) is 5.78 Å². The molecule has 1 aliphatic heterocycles. The zero-order valence-electron chi connectivity index (χ0n) is 16.5. The van der Waals surface area contributed by atoms with Gasteiger partial charge in [-0.1, -0.05) is 31.5 Å². The van der Waals surface area contributed by atoms with Gasteiger partial charge >= 0.3 is 0 Å². The van der Waals surface area contributed by atoms with Crippen molar-refractivity contribution in [3.8, 4) is 0 Å². The fourth-order valence-electron chi connectivity index (χ4n) is 3.82. The Morgan fingerprint density at radius 1 is 1.34 bits per heavy atom. The molecule has 0 saturated carbocycles. The molecule has 1 amide bonds. The Morgan fingerprint density at radius 3 is 3.03 bits per heavy atom. The van der Waals surface area contributed by atoms with E-state index in [1.54, 1.807) is 22.7 Å². The van der Waals surface area contributed by atoms with E-state index in [0.717, 1.165) is 43.7 Å². The Balaban J connectivity index is 1.48. The first-order valence-electron chi connectivity index (χ1n) is 10.1. The van der Waals surface area contributed by atoms with Crippen molar-refractivity contribution in [1.29, 1.82) is 0 Å². The number of piperidine rings is 1. The maximum Gasteiger partial charge on any atom is 0.254 e. The minimum absolute atomic E-state index is 0.0457. The largest absolute Gasteiger partial charge is 0.356 e. The molecule has 29 heavy (non-hydrogen) atoms. The van der Waals surface area contributed by atoms with Crippen molar-refractivity contribution in [3.63, 3.8) is 0 Å². The van der Waals surface area contributed by atoms with Gasteiger partial charge in [0.15, 0.2) is 0 Å². The van der Waals surface area contributed by atoms with Gasteiger partial charge in [-0.25, -0.2) is 9.37 Å². The fourth-order valence-corrected chi connectivity index (χ4v) is 3.82. The maximum atomic E-state index is 13.8. The van der Waals surface area contributed by atoms with Crippen LogP contribution in [-0.4, -0.2) is 38.6 Å². The molecule has 2 aromatic heterocycles. The third kappa shape index (κ3) is 4.21. The quantitative estimate of drug-likeness (QED) is 0.693. The van der Waals surface area contributed by atoms with E-state index >= 15 is 0 Å². The molecule has 1 atom stereocenters. The maximum absolute atomic E-state index is 13.8. The number of anilines is 1. The number of amides is 1. The van der Waals surface area contributed by atoms with Gasteiger partial charge < -0.3 is 10.2 Å². The lowest BCUT2D eigenvalue weighted by Gasteiger charge is -2.33. The summed E-state index contributed by atoms with van der Waals surface area (Å²) in [6, 6.07) is 8.56. The number of carbonyl (C=O) groups is 1. The normalized spacial score (nSPS) is 16.9. The zero-order chi connectivity index (χ0) is 20.2. The van der Waals surface area contributed by atoms with Crippen molar-refractivity contribution in [2.45, 2.75) is 39.2 Å². The Bertz CT molecular complexity index is 1000. The molecular formula is C21H25FN6O. The van der Waals surface area contributed by atoms with E-state index in [1.807, 2.05) is 6.07 Å². The second kappa shape index (κ2) is 8.55. The summed E-state index contributed by atoms with van der Waals surface area (Å²) in [6.45, 7) is 3.76. The highest BCUT2D eigenvalue weighted by atomic mass is 19.1. The van der Waals surface area contributed by atoms with Crippen molar-refractivity contribution in [2.75, 3.05) is 18.0 Å². The first kappa shape index (κ1) is 19.3. The summed E-state index contributed by atoms with van der Waals surface area (Å²) in [4.78, 5) is 23.7. The second-order valence-corrected chi connectivity index (χ2v) is 7.42. The topological polar surface area (TPSA) is 75.4 Å². The molecule has 0 spiro atoms. The first-order chi connectivity index (χ1) is 14.2. The average molecular weight is 396 g/mol. The van der Waals surface area contributed by atoms with Gasteiger partial charge in [0.1, 0.15) is 18.0 Å². The van der Waals surface area contributed by atoms with Crippen LogP contribution in [0.3, 0.4) is 0 Å². The number of hydrogen-bond donors (Lipinski definition) is 1. The average Bonchev–Trinajstić information content (AvgIpc) is 3.21. The highest BCUT2D eigenvalue weighted by Crippen LogP contribution is 2.24. The molecule has 0 bridgehead atoms. The highest BCUT2D eigenvalue weighted by molar-refractivity contribution is 5.79. The number of carbonyl (C=O) groups excluding carboxylic acids is 1. The van der Waals surface area contributed by atoms with Crippen LogP contribution in [0.15, 0.2) is 36.7 Å². The Kier molecular flexibility index (Phi) is 5.69. The number of nitrogens with zero attached hydrogens (tertiary/aromatic N) is 5. The van der Waals surface area contributed by atoms with Crippen LogP contribution in [0.4, 0.5) is 10.2 Å². The van der Waals surface area contributed by atoms with Crippen LogP contribution >= 0.6 is 0 Å². The molecule has 0 radical (unpaired) electrons. The monoisotopic (exact) mass is 396 g/mol. The molecule has 4 rings (SSSR count). The summed E-state index contributed by atoms with van der Waals surface area (Å²) in [5.74, 6) is 0.999. The molecule has 1 N–H and O–H groups in total. The van der Waals surface area contributed by atoms with Crippen LogP contribution < -0.4 is 10.2 Å². The van der Waals surface area contributed by atoms with Crippen molar-refractivity contribution < 1.29 is 9.18 Å². The third-order valence-electron chi connectivity index (χ3n) is 5.32. The number of hydrogen-bond acceptors (Lipinski definition) is 5. The zero-order valence-corrected chi connectivity index (χ0v) is 16.5. The number of nitrogens with one attached hydrogen (secondary N) is 1. The van der Waals surface area contributed by atoms with Crippen LogP contribution in [0.2, 0.25) is 0 Å². The Labute approximate surface area is 169 Å². The lowest BCUT2D eigenvalue weighted by molar-refractivity contribution is -0.125. The molecule has 1 aromatic carbocycles. The van der Waals surface area contributed by atoms with E-state index in [9.17, 15) is 9.18 Å². The van der Waals surface area contributed by atoms with E-state index in [4.69, 9.17) is 0 Å². The fraction of sp³-hybridized carbons (Fsp3) is 0.429. The second-order valence-electron chi connectivity index (χ2n) is 7.42. The number of halogens is 1. The summed E-state index contributed by atoms with van der Waals surface area (Å²) >= 11 is 0. The van der Waals surface area contributed by atoms with E-state index in [0.29, 0.717) is 17.9 Å². The number of aromatic nitrogens is 4. The predicted octanol–water partition coefficient (Wildman–Crippen LogP) is 2.75. The van der Waals surface area contributed by atoms with Crippen molar-refractivity contribution in [1.82, 2.24) is 24.9 Å². The van der Waals surface area contributed by atoms with Gasteiger partial charge in [-0.15, -0.1) is 0 Å². The highest BCUT2D eigenvalue weighted by Gasteiger charge is 2.27. The summed E-state index contributed by atoms with van der Waals surface area (Å²) in [5.41, 5.74) is 1.48. The van der Waals surface area contributed by atoms with E-state index in [2.05, 4.69) is 32.2 Å². The van der Waals surface area contributed by atoms with Crippen LogP contribution in [-0.2, 0) is 17.8 Å². The molecule has 1 saturated heterocycles. The summed E-state index contributed by atoms with van der Waals surface area (Å²) < 4.78 is 15.5.